The molecular formula is C19H20Br2N2O2. The summed E-state index contributed by atoms with van der Waals surface area (Å²) in [5, 5.41) is 3.97. The number of furan rings is 1. The molecule has 1 aromatic heterocycles. The van der Waals surface area contributed by atoms with Gasteiger partial charge in [-0.25, -0.2) is 5.43 Å². The highest BCUT2D eigenvalue weighted by Gasteiger charge is 2.44. The highest BCUT2D eigenvalue weighted by molar-refractivity contribution is 9.13. The number of hydrogen-bond donors (Lipinski definition) is 1. The van der Waals surface area contributed by atoms with Crippen LogP contribution in [0.25, 0.3) is 0 Å². The molecule has 0 saturated heterocycles. The number of halogens is 2. The van der Waals surface area contributed by atoms with Crippen molar-refractivity contribution in [3.63, 3.8) is 0 Å². The number of carbonyl (C=O) groups excluding carboxylic acids is 1. The van der Waals surface area contributed by atoms with E-state index in [1.165, 1.54) is 17.3 Å². The Morgan fingerprint density at radius 3 is 2.52 bits per heavy atom. The van der Waals surface area contributed by atoms with Gasteiger partial charge in [0.2, 0.25) is 5.91 Å². The third-order valence-electron chi connectivity index (χ3n) is 4.36. The molecule has 1 aliphatic carbocycles. The maximum absolute atomic E-state index is 12.2. The first kappa shape index (κ1) is 18.4. The Bertz CT molecular complexity index is 784. The molecule has 3 rings (SSSR count). The van der Waals surface area contributed by atoms with Crippen molar-refractivity contribution in [2.75, 3.05) is 0 Å². The van der Waals surface area contributed by atoms with E-state index in [4.69, 9.17) is 4.42 Å². The molecule has 0 bridgehead atoms. The monoisotopic (exact) mass is 466 g/mol. The standard InChI is InChI=1S/C19H20Br2N2O2/c1-19(2,3)12-6-4-11(5-7-12)14-9-15(14)18(24)23-22-10-13-8-16(20)17(21)25-13/h4-8,10,14-15H,9H2,1-3H3,(H,23,24)/b22-10+. The van der Waals surface area contributed by atoms with E-state index in [0.29, 0.717) is 10.4 Å². The van der Waals surface area contributed by atoms with Gasteiger partial charge in [0.05, 0.1) is 10.7 Å². The second-order valence-corrected chi connectivity index (χ2v) is 8.90. The summed E-state index contributed by atoms with van der Waals surface area (Å²) in [6, 6.07) is 10.4. The molecule has 1 saturated carbocycles. The minimum Gasteiger partial charge on any atom is -0.447 e. The topological polar surface area (TPSA) is 54.6 Å². The molecule has 1 aliphatic rings. The highest BCUT2D eigenvalue weighted by Crippen LogP contribution is 2.47. The summed E-state index contributed by atoms with van der Waals surface area (Å²) in [5.41, 5.74) is 5.26. The maximum atomic E-state index is 12.2. The fraction of sp³-hybridized carbons (Fsp3) is 0.368. The predicted molar refractivity (Wildman–Crippen MR) is 106 cm³/mol. The van der Waals surface area contributed by atoms with Crippen LogP contribution in [0.5, 0.6) is 0 Å². The van der Waals surface area contributed by atoms with Gasteiger partial charge >= 0.3 is 0 Å². The van der Waals surface area contributed by atoms with Gasteiger partial charge in [0.25, 0.3) is 0 Å². The van der Waals surface area contributed by atoms with Crippen LogP contribution in [0.3, 0.4) is 0 Å². The minimum absolute atomic E-state index is 0.00675. The van der Waals surface area contributed by atoms with Crippen LogP contribution in [0.4, 0.5) is 0 Å². The van der Waals surface area contributed by atoms with Gasteiger partial charge in [-0.15, -0.1) is 0 Å². The quantitative estimate of drug-likeness (QED) is 0.486. The molecule has 1 N–H and O–H groups in total. The number of rotatable bonds is 4. The lowest BCUT2D eigenvalue weighted by atomic mass is 9.86. The summed E-state index contributed by atoms with van der Waals surface area (Å²) in [5.74, 6) is 0.791. The third-order valence-corrected chi connectivity index (χ3v) is 6.07. The smallest absolute Gasteiger partial charge is 0.243 e. The van der Waals surface area contributed by atoms with Crippen molar-refractivity contribution < 1.29 is 9.21 Å². The van der Waals surface area contributed by atoms with Crippen LogP contribution >= 0.6 is 31.9 Å². The molecule has 1 fully saturated rings. The summed E-state index contributed by atoms with van der Waals surface area (Å²) in [6.45, 7) is 6.59. The van der Waals surface area contributed by atoms with Crippen molar-refractivity contribution >= 4 is 44.0 Å². The molecule has 25 heavy (non-hydrogen) atoms. The summed E-state index contributed by atoms with van der Waals surface area (Å²) in [7, 11) is 0. The fourth-order valence-corrected chi connectivity index (χ4v) is 3.36. The van der Waals surface area contributed by atoms with Gasteiger partial charge in [-0.1, -0.05) is 45.0 Å². The largest absolute Gasteiger partial charge is 0.447 e. The Balaban J connectivity index is 1.55. The summed E-state index contributed by atoms with van der Waals surface area (Å²) >= 11 is 6.59. The van der Waals surface area contributed by atoms with Gasteiger partial charge in [-0.2, -0.15) is 5.10 Å². The number of hydrogen-bond acceptors (Lipinski definition) is 3. The normalized spacial score (nSPS) is 20.0. The van der Waals surface area contributed by atoms with Gasteiger partial charge in [0.15, 0.2) is 4.67 Å². The van der Waals surface area contributed by atoms with Crippen molar-refractivity contribution in [3.8, 4) is 0 Å². The average molecular weight is 468 g/mol. The summed E-state index contributed by atoms with van der Waals surface area (Å²) < 4.78 is 6.78. The van der Waals surface area contributed by atoms with E-state index in [1.807, 2.05) is 0 Å². The number of hydrazone groups is 1. The first-order chi connectivity index (χ1) is 11.8. The zero-order valence-electron chi connectivity index (χ0n) is 14.3. The highest BCUT2D eigenvalue weighted by atomic mass is 79.9. The second-order valence-electron chi connectivity index (χ2n) is 7.33. The van der Waals surface area contributed by atoms with E-state index < -0.39 is 0 Å². The Labute approximate surface area is 164 Å². The fourth-order valence-electron chi connectivity index (χ4n) is 2.75. The number of benzene rings is 1. The second kappa shape index (κ2) is 7.08. The third kappa shape index (κ3) is 4.42. The molecule has 2 aromatic rings. The molecular weight excluding hydrogens is 448 g/mol. The van der Waals surface area contributed by atoms with Gasteiger partial charge < -0.3 is 4.42 Å². The van der Waals surface area contributed by atoms with E-state index in [0.717, 1.165) is 10.9 Å². The van der Waals surface area contributed by atoms with E-state index in [1.54, 1.807) is 6.07 Å². The van der Waals surface area contributed by atoms with Crippen LogP contribution in [0.2, 0.25) is 0 Å². The van der Waals surface area contributed by atoms with Crippen LogP contribution in [0, 0.1) is 5.92 Å². The van der Waals surface area contributed by atoms with Gasteiger partial charge in [0, 0.05) is 12.0 Å². The molecule has 6 heteroatoms. The molecule has 1 amide bonds. The average Bonchev–Trinajstić information content (AvgIpc) is 3.28. The predicted octanol–water partition coefficient (Wildman–Crippen LogP) is 5.36. The van der Waals surface area contributed by atoms with Crippen molar-refractivity contribution in [1.29, 1.82) is 0 Å². The van der Waals surface area contributed by atoms with Crippen molar-refractivity contribution in [3.05, 3.63) is 56.4 Å². The molecule has 1 aromatic carbocycles. The lowest BCUT2D eigenvalue weighted by molar-refractivity contribution is -0.122. The van der Waals surface area contributed by atoms with Crippen LogP contribution in [0.1, 0.15) is 50.0 Å². The van der Waals surface area contributed by atoms with Crippen molar-refractivity contribution in [2.24, 2.45) is 11.0 Å². The molecule has 0 aliphatic heterocycles. The Hall–Kier alpha value is -1.40. The van der Waals surface area contributed by atoms with Crippen molar-refractivity contribution in [2.45, 2.75) is 38.5 Å². The van der Waals surface area contributed by atoms with Gasteiger partial charge in [-0.3, -0.25) is 4.79 Å². The van der Waals surface area contributed by atoms with Crippen LogP contribution in [-0.4, -0.2) is 12.1 Å². The first-order valence-electron chi connectivity index (χ1n) is 8.14. The Morgan fingerprint density at radius 2 is 1.96 bits per heavy atom. The molecule has 0 radical (unpaired) electrons. The van der Waals surface area contributed by atoms with Crippen LogP contribution in [0.15, 0.2) is 49.0 Å². The Kier molecular flexibility index (Phi) is 5.21. The van der Waals surface area contributed by atoms with Gasteiger partial charge in [0.1, 0.15) is 5.76 Å². The SMILES string of the molecule is CC(C)(C)c1ccc(C2CC2C(=O)N/N=C/c2cc(Br)c(Br)o2)cc1. The maximum Gasteiger partial charge on any atom is 0.243 e. The van der Waals surface area contributed by atoms with Gasteiger partial charge in [-0.05, 0) is 60.7 Å². The zero-order chi connectivity index (χ0) is 18.2. The number of amides is 1. The molecule has 2 unspecified atom stereocenters. The zero-order valence-corrected chi connectivity index (χ0v) is 17.5. The molecule has 2 atom stereocenters. The first-order valence-corrected chi connectivity index (χ1v) is 9.72. The molecule has 4 nitrogen and oxygen atoms in total. The Morgan fingerprint density at radius 1 is 1.28 bits per heavy atom. The number of carbonyl (C=O) groups is 1. The number of nitrogens with zero attached hydrogens (tertiary/aromatic N) is 1. The van der Waals surface area contributed by atoms with E-state index in [2.05, 4.69) is 87.4 Å². The van der Waals surface area contributed by atoms with Crippen molar-refractivity contribution in [1.82, 2.24) is 5.43 Å². The lowest BCUT2D eigenvalue weighted by Crippen LogP contribution is -2.20. The summed E-state index contributed by atoms with van der Waals surface area (Å²) in [4.78, 5) is 12.2. The number of nitrogens with one attached hydrogen (secondary N) is 1. The molecule has 132 valence electrons. The molecule has 1 heterocycles. The minimum atomic E-state index is -0.0502. The van der Waals surface area contributed by atoms with Crippen LogP contribution < -0.4 is 5.43 Å². The summed E-state index contributed by atoms with van der Waals surface area (Å²) in [6.07, 6.45) is 2.36. The van der Waals surface area contributed by atoms with Crippen LogP contribution in [-0.2, 0) is 10.2 Å². The van der Waals surface area contributed by atoms with E-state index in [-0.39, 0.29) is 23.2 Å². The van der Waals surface area contributed by atoms with E-state index in [9.17, 15) is 4.79 Å². The molecule has 0 spiro atoms. The lowest BCUT2D eigenvalue weighted by Gasteiger charge is -2.19. The van der Waals surface area contributed by atoms with E-state index >= 15 is 0 Å².